The summed E-state index contributed by atoms with van der Waals surface area (Å²) in [5.41, 5.74) is 1.32. The van der Waals surface area contributed by atoms with E-state index in [4.69, 9.17) is 5.84 Å². The first-order chi connectivity index (χ1) is 9.81. The molecule has 0 saturated heterocycles. The van der Waals surface area contributed by atoms with Crippen molar-refractivity contribution in [1.82, 2.24) is 9.97 Å². The van der Waals surface area contributed by atoms with Crippen LogP contribution >= 0.6 is 0 Å². The van der Waals surface area contributed by atoms with Crippen molar-refractivity contribution >= 4 is 17.5 Å². The lowest BCUT2D eigenvalue weighted by Gasteiger charge is -2.20. The molecule has 0 atom stereocenters. The number of aromatic nitrogens is 2. The third-order valence-corrected chi connectivity index (χ3v) is 2.69. The van der Waals surface area contributed by atoms with Gasteiger partial charge in [0.05, 0.1) is 0 Å². The molecule has 0 spiro atoms. The second-order valence-electron chi connectivity index (χ2n) is 4.11. The van der Waals surface area contributed by atoms with Gasteiger partial charge in [-0.2, -0.15) is 18.2 Å². The molecule has 2 rings (SSSR count). The van der Waals surface area contributed by atoms with Crippen molar-refractivity contribution in [1.29, 1.82) is 0 Å². The summed E-state index contributed by atoms with van der Waals surface area (Å²) in [7, 11) is 1.50. The molecule has 9 heteroatoms. The number of nitrogens with one attached hydrogen (secondary N) is 1. The molecule has 21 heavy (non-hydrogen) atoms. The van der Waals surface area contributed by atoms with Gasteiger partial charge in [0.2, 0.25) is 5.95 Å². The van der Waals surface area contributed by atoms with Crippen molar-refractivity contribution in [2.75, 3.05) is 17.4 Å². The van der Waals surface area contributed by atoms with E-state index in [9.17, 15) is 17.6 Å². The first-order valence-electron chi connectivity index (χ1n) is 5.73. The number of nitrogens with zero attached hydrogens (tertiary/aromatic N) is 3. The van der Waals surface area contributed by atoms with Crippen LogP contribution in [-0.4, -0.2) is 17.0 Å². The quantitative estimate of drug-likeness (QED) is 0.518. The highest BCUT2D eigenvalue weighted by atomic mass is 19.4. The Morgan fingerprint density at radius 2 is 1.76 bits per heavy atom. The summed E-state index contributed by atoms with van der Waals surface area (Å²) in [4.78, 5) is 8.46. The molecule has 1 aromatic carbocycles. The van der Waals surface area contributed by atoms with Crippen LogP contribution < -0.4 is 16.2 Å². The first-order valence-corrected chi connectivity index (χ1v) is 5.73. The number of nitrogens with two attached hydrogens (primary N) is 1. The highest BCUT2D eigenvalue weighted by Gasteiger charge is 2.34. The Balaban J connectivity index is 2.45. The van der Waals surface area contributed by atoms with Gasteiger partial charge >= 0.3 is 6.18 Å². The fraction of sp³-hybridized carbons (Fsp3) is 0.167. The summed E-state index contributed by atoms with van der Waals surface area (Å²) in [6.45, 7) is 0. The molecule has 2 aromatic rings. The normalized spacial score (nSPS) is 11.3. The van der Waals surface area contributed by atoms with E-state index in [-0.39, 0.29) is 11.8 Å². The third kappa shape index (κ3) is 3.37. The number of alkyl halides is 3. The zero-order valence-corrected chi connectivity index (χ0v) is 10.8. The lowest BCUT2D eigenvalue weighted by Crippen LogP contribution is -2.19. The predicted octanol–water partition coefficient (Wildman–Crippen LogP) is 2.69. The zero-order valence-electron chi connectivity index (χ0n) is 10.8. The van der Waals surface area contributed by atoms with Gasteiger partial charge in [-0.25, -0.2) is 15.2 Å². The van der Waals surface area contributed by atoms with E-state index in [2.05, 4.69) is 9.97 Å². The van der Waals surface area contributed by atoms with Gasteiger partial charge in [-0.1, -0.05) is 0 Å². The Kier molecular flexibility index (Phi) is 3.94. The lowest BCUT2D eigenvalue weighted by molar-refractivity contribution is -0.141. The van der Waals surface area contributed by atoms with Crippen LogP contribution in [0, 0.1) is 5.82 Å². The van der Waals surface area contributed by atoms with Gasteiger partial charge < -0.3 is 4.90 Å². The summed E-state index contributed by atoms with van der Waals surface area (Å²) in [5, 5.41) is 0. The Morgan fingerprint density at radius 3 is 2.29 bits per heavy atom. The molecule has 0 aliphatic heterocycles. The molecule has 5 nitrogen and oxygen atoms in total. The smallest absolute Gasteiger partial charge is 0.329 e. The van der Waals surface area contributed by atoms with E-state index in [1.165, 1.54) is 36.2 Å². The molecule has 0 aliphatic carbocycles. The fourth-order valence-corrected chi connectivity index (χ4v) is 1.61. The number of hydrogen-bond acceptors (Lipinski definition) is 5. The summed E-state index contributed by atoms with van der Waals surface area (Å²) in [5.74, 6) is 4.23. The monoisotopic (exact) mass is 301 g/mol. The maximum Gasteiger partial charge on any atom is 0.433 e. The molecule has 3 N–H and O–H groups in total. The van der Waals surface area contributed by atoms with Crippen LogP contribution in [-0.2, 0) is 6.18 Å². The van der Waals surface area contributed by atoms with Gasteiger partial charge in [-0.15, -0.1) is 0 Å². The van der Waals surface area contributed by atoms with Crippen LogP contribution in [0.1, 0.15) is 5.69 Å². The summed E-state index contributed by atoms with van der Waals surface area (Å²) >= 11 is 0. The van der Waals surface area contributed by atoms with Crippen molar-refractivity contribution in [3.8, 4) is 0 Å². The molecule has 1 aromatic heterocycles. The molecular weight excluding hydrogens is 290 g/mol. The van der Waals surface area contributed by atoms with Crippen LogP contribution in [0.3, 0.4) is 0 Å². The Bertz CT molecular complexity index is 627. The minimum atomic E-state index is -4.63. The van der Waals surface area contributed by atoms with Crippen LogP contribution in [0.4, 0.5) is 35.0 Å². The number of halogens is 4. The molecule has 0 unspecified atom stereocenters. The predicted molar refractivity (Wildman–Crippen MR) is 69.3 cm³/mol. The summed E-state index contributed by atoms with van der Waals surface area (Å²) in [6.07, 6.45) is -4.63. The van der Waals surface area contributed by atoms with Crippen LogP contribution in [0.25, 0.3) is 0 Å². The maximum absolute atomic E-state index is 12.9. The van der Waals surface area contributed by atoms with Crippen molar-refractivity contribution in [2.45, 2.75) is 6.18 Å². The van der Waals surface area contributed by atoms with Crippen molar-refractivity contribution in [3.05, 3.63) is 41.8 Å². The minimum absolute atomic E-state index is 0.0307. The Morgan fingerprint density at radius 1 is 1.14 bits per heavy atom. The summed E-state index contributed by atoms with van der Waals surface area (Å²) < 4.78 is 51.2. The molecular formula is C12H11F4N5. The molecule has 0 fully saturated rings. The molecule has 1 heterocycles. The van der Waals surface area contributed by atoms with E-state index in [0.29, 0.717) is 5.69 Å². The van der Waals surface area contributed by atoms with Gasteiger partial charge in [0.15, 0.2) is 5.69 Å². The first kappa shape index (κ1) is 15.0. The van der Waals surface area contributed by atoms with E-state index >= 15 is 0 Å². The van der Waals surface area contributed by atoms with E-state index in [1.807, 2.05) is 5.43 Å². The minimum Gasteiger partial charge on any atom is -0.329 e. The van der Waals surface area contributed by atoms with E-state index in [0.717, 1.165) is 6.07 Å². The lowest BCUT2D eigenvalue weighted by atomic mass is 10.3. The van der Waals surface area contributed by atoms with Crippen molar-refractivity contribution in [2.24, 2.45) is 5.84 Å². The highest BCUT2D eigenvalue weighted by Crippen LogP contribution is 2.31. The number of hydrogen-bond donors (Lipinski definition) is 2. The maximum atomic E-state index is 12.9. The average molecular weight is 301 g/mol. The van der Waals surface area contributed by atoms with Gasteiger partial charge in [-0.05, 0) is 24.3 Å². The molecule has 0 aliphatic rings. The number of anilines is 3. The van der Waals surface area contributed by atoms with E-state index in [1.54, 1.807) is 0 Å². The Hall–Kier alpha value is -2.42. The number of benzene rings is 1. The van der Waals surface area contributed by atoms with Gasteiger partial charge in [0.25, 0.3) is 0 Å². The van der Waals surface area contributed by atoms with Crippen LogP contribution in [0.2, 0.25) is 0 Å². The van der Waals surface area contributed by atoms with Crippen LogP contribution in [0.15, 0.2) is 30.3 Å². The second kappa shape index (κ2) is 5.52. The van der Waals surface area contributed by atoms with Gasteiger partial charge in [0.1, 0.15) is 11.6 Å². The number of nitrogen functional groups attached to an aromatic ring is 1. The molecule has 0 amide bonds. The molecule has 0 radical (unpaired) electrons. The Labute approximate surface area is 117 Å². The fourth-order valence-electron chi connectivity index (χ4n) is 1.61. The largest absolute Gasteiger partial charge is 0.433 e. The zero-order chi connectivity index (χ0) is 15.6. The molecule has 0 bridgehead atoms. The van der Waals surface area contributed by atoms with Gasteiger partial charge in [-0.3, -0.25) is 5.43 Å². The highest BCUT2D eigenvalue weighted by molar-refractivity contribution is 5.60. The van der Waals surface area contributed by atoms with Crippen molar-refractivity contribution < 1.29 is 17.6 Å². The standard InChI is InChI=1S/C12H11F4N5/c1-21(8-4-2-7(13)3-5-8)10-6-9(12(14,15)16)18-11(19-10)20-17/h2-6H,17H2,1H3,(H,18,19,20). The van der Waals surface area contributed by atoms with Crippen LogP contribution in [0.5, 0.6) is 0 Å². The second-order valence-corrected chi connectivity index (χ2v) is 4.11. The number of hydrazine groups is 1. The third-order valence-electron chi connectivity index (χ3n) is 2.69. The SMILES string of the molecule is CN(c1ccc(F)cc1)c1cc(C(F)(F)F)nc(NN)n1. The number of rotatable bonds is 3. The molecule has 0 saturated carbocycles. The molecule has 112 valence electrons. The average Bonchev–Trinajstić information content (AvgIpc) is 2.46. The topological polar surface area (TPSA) is 67.1 Å². The van der Waals surface area contributed by atoms with Crippen molar-refractivity contribution in [3.63, 3.8) is 0 Å². The van der Waals surface area contributed by atoms with E-state index < -0.39 is 17.7 Å². The summed E-state index contributed by atoms with van der Waals surface area (Å²) in [6, 6.07) is 6.00. The van der Waals surface area contributed by atoms with Gasteiger partial charge in [0, 0.05) is 18.8 Å².